The minimum atomic E-state index is 0.624. The van der Waals surface area contributed by atoms with Gasteiger partial charge in [0.15, 0.2) is 0 Å². The number of anilines is 1. The van der Waals surface area contributed by atoms with Crippen molar-refractivity contribution in [1.82, 2.24) is 20.5 Å². The second kappa shape index (κ2) is 6.54. The maximum absolute atomic E-state index is 5.49. The number of aromatic amines is 1. The highest BCUT2D eigenvalue weighted by Gasteiger charge is 2.35. The molecule has 2 aliphatic rings. The second-order valence-corrected chi connectivity index (χ2v) is 5.81. The Morgan fingerprint density at radius 3 is 3.15 bits per heavy atom. The molecule has 0 bridgehead atoms. The fourth-order valence-corrected chi connectivity index (χ4v) is 3.16. The van der Waals surface area contributed by atoms with Gasteiger partial charge in [-0.1, -0.05) is 6.92 Å². The van der Waals surface area contributed by atoms with Gasteiger partial charge in [-0.05, 0) is 31.7 Å². The van der Waals surface area contributed by atoms with Crippen LogP contribution in [0.15, 0.2) is 0 Å². The van der Waals surface area contributed by atoms with Crippen molar-refractivity contribution in [2.45, 2.75) is 38.6 Å². The van der Waals surface area contributed by atoms with Gasteiger partial charge in [-0.2, -0.15) is 4.98 Å². The number of nitrogens with one attached hydrogen (secondary N) is 2. The zero-order chi connectivity index (χ0) is 13.8. The molecule has 2 atom stereocenters. The summed E-state index contributed by atoms with van der Waals surface area (Å²) in [6, 6.07) is 0.624. The summed E-state index contributed by atoms with van der Waals surface area (Å²) in [7, 11) is 0. The van der Waals surface area contributed by atoms with E-state index >= 15 is 0 Å². The number of rotatable bonds is 6. The molecule has 2 aliphatic heterocycles. The van der Waals surface area contributed by atoms with Crippen LogP contribution in [0.3, 0.4) is 0 Å². The summed E-state index contributed by atoms with van der Waals surface area (Å²) in [5, 5.41) is 11.0. The summed E-state index contributed by atoms with van der Waals surface area (Å²) >= 11 is 0. The van der Waals surface area contributed by atoms with Crippen LogP contribution in [0, 0.1) is 5.92 Å². The molecule has 2 unspecified atom stereocenters. The lowest BCUT2D eigenvalue weighted by molar-refractivity contribution is 0.136. The molecule has 1 aromatic rings. The van der Waals surface area contributed by atoms with Crippen LogP contribution in [0.2, 0.25) is 0 Å². The quantitative estimate of drug-likeness (QED) is 0.759. The van der Waals surface area contributed by atoms with E-state index < -0.39 is 0 Å². The second-order valence-electron chi connectivity index (χ2n) is 5.81. The standard InChI is InChI=1S/C14H25N5O/c1-2-7-20-8-5-13-16-14(18-17-13)19-9-11-4-3-6-15-12(11)10-19/h11-12,15H,2-10H2,1H3,(H,16,17,18). The minimum absolute atomic E-state index is 0.624. The highest BCUT2D eigenvalue weighted by molar-refractivity contribution is 5.32. The molecule has 3 rings (SSSR count). The molecule has 0 spiro atoms. The van der Waals surface area contributed by atoms with Crippen LogP contribution in [-0.4, -0.2) is 54.1 Å². The maximum Gasteiger partial charge on any atom is 0.244 e. The first kappa shape index (κ1) is 13.8. The zero-order valence-corrected chi connectivity index (χ0v) is 12.3. The topological polar surface area (TPSA) is 66.1 Å². The lowest BCUT2D eigenvalue weighted by atomic mass is 9.94. The fraction of sp³-hybridized carbons (Fsp3) is 0.857. The molecule has 2 fully saturated rings. The van der Waals surface area contributed by atoms with Crippen LogP contribution in [0.25, 0.3) is 0 Å². The largest absolute Gasteiger partial charge is 0.381 e. The van der Waals surface area contributed by atoms with Crippen LogP contribution < -0.4 is 10.2 Å². The number of ether oxygens (including phenoxy) is 1. The maximum atomic E-state index is 5.49. The summed E-state index contributed by atoms with van der Waals surface area (Å²) in [4.78, 5) is 6.91. The normalized spacial score (nSPS) is 25.9. The van der Waals surface area contributed by atoms with E-state index in [2.05, 4.69) is 32.3 Å². The van der Waals surface area contributed by atoms with Crippen molar-refractivity contribution in [3.05, 3.63) is 5.82 Å². The van der Waals surface area contributed by atoms with Crippen molar-refractivity contribution in [3.8, 4) is 0 Å². The van der Waals surface area contributed by atoms with Crippen LogP contribution in [0.5, 0.6) is 0 Å². The number of hydrogen-bond acceptors (Lipinski definition) is 5. The average molecular weight is 279 g/mol. The van der Waals surface area contributed by atoms with E-state index in [4.69, 9.17) is 4.74 Å². The first-order chi connectivity index (χ1) is 9.86. The Bertz CT molecular complexity index is 407. The number of hydrogen-bond donors (Lipinski definition) is 2. The van der Waals surface area contributed by atoms with E-state index in [1.807, 2.05) is 0 Å². The smallest absolute Gasteiger partial charge is 0.244 e. The van der Waals surface area contributed by atoms with Gasteiger partial charge in [0.05, 0.1) is 6.61 Å². The molecule has 6 nitrogen and oxygen atoms in total. The molecule has 1 aromatic heterocycles. The van der Waals surface area contributed by atoms with Crippen LogP contribution in [0.4, 0.5) is 5.95 Å². The highest BCUT2D eigenvalue weighted by atomic mass is 16.5. The van der Waals surface area contributed by atoms with Crippen molar-refractivity contribution in [3.63, 3.8) is 0 Å². The number of aromatic nitrogens is 3. The molecule has 0 amide bonds. The third kappa shape index (κ3) is 3.12. The number of piperidine rings is 1. The predicted molar refractivity (Wildman–Crippen MR) is 77.9 cm³/mol. The molecule has 0 aliphatic carbocycles. The molecular formula is C14H25N5O. The van der Waals surface area contributed by atoms with Crippen LogP contribution in [0.1, 0.15) is 32.0 Å². The van der Waals surface area contributed by atoms with Gasteiger partial charge < -0.3 is 15.0 Å². The third-order valence-corrected chi connectivity index (χ3v) is 4.23. The lowest BCUT2D eigenvalue weighted by Gasteiger charge is -2.24. The molecular weight excluding hydrogens is 254 g/mol. The van der Waals surface area contributed by atoms with Gasteiger partial charge in [-0.25, -0.2) is 0 Å². The summed E-state index contributed by atoms with van der Waals surface area (Å²) < 4.78 is 5.49. The summed E-state index contributed by atoms with van der Waals surface area (Å²) in [6.07, 6.45) is 4.50. The molecule has 0 aromatic carbocycles. The number of nitrogens with zero attached hydrogens (tertiary/aromatic N) is 3. The van der Waals surface area contributed by atoms with Gasteiger partial charge in [-0.15, -0.1) is 5.10 Å². The zero-order valence-electron chi connectivity index (χ0n) is 12.3. The molecule has 2 saturated heterocycles. The molecule has 0 radical (unpaired) electrons. The van der Waals surface area contributed by atoms with E-state index in [1.54, 1.807) is 0 Å². The Balaban J connectivity index is 1.52. The van der Waals surface area contributed by atoms with Gasteiger partial charge in [0.1, 0.15) is 5.82 Å². The van der Waals surface area contributed by atoms with E-state index in [0.29, 0.717) is 6.04 Å². The molecule has 0 saturated carbocycles. The monoisotopic (exact) mass is 279 g/mol. The van der Waals surface area contributed by atoms with Crippen molar-refractivity contribution in [2.24, 2.45) is 5.92 Å². The van der Waals surface area contributed by atoms with Gasteiger partial charge in [0.2, 0.25) is 5.95 Å². The Labute approximate surface area is 120 Å². The molecule has 112 valence electrons. The average Bonchev–Trinajstić information content (AvgIpc) is 3.09. The van der Waals surface area contributed by atoms with Crippen molar-refractivity contribution in [2.75, 3.05) is 37.7 Å². The molecule has 6 heteroatoms. The molecule has 2 N–H and O–H groups in total. The van der Waals surface area contributed by atoms with Crippen molar-refractivity contribution < 1.29 is 4.74 Å². The van der Waals surface area contributed by atoms with Crippen LogP contribution in [-0.2, 0) is 11.2 Å². The van der Waals surface area contributed by atoms with E-state index in [9.17, 15) is 0 Å². The lowest BCUT2D eigenvalue weighted by Crippen LogP contribution is -2.40. The SMILES string of the molecule is CCCOCCc1nc(N2CC3CCCNC3C2)n[nH]1. The third-order valence-electron chi connectivity index (χ3n) is 4.23. The van der Waals surface area contributed by atoms with Gasteiger partial charge in [-0.3, -0.25) is 5.10 Å². The van der Waals surface area contributed by atoms with E-state index in [1.165, 1.54) is 12.8 Å². The number of H-pyrrole nitrogens is 1. The Kier molecular flexibility index (Phi) is 4.52. The number of fused-ring (bicyclic) bond motifs is 1. The van der Waals surface area contributed by atoms with E-state index in [0.717, 1.165) is 63.4 Å². The fourth-order valence-electron chi connectivity index (χ4n) is 3.16. The summed E-state index contributed by atoms with van der Waals surface area (Å²) in [6.45, 7) is 6.93. The van der Waals surface area contributed by atoms with E-state index in [-0.39, 0.29) is 0 Å². The summed E-state index contributed by atoms with van der Waals surface area (Å²) in [5.74, 6) is 2.55. The Morgan fingerprint density at radius 2 is 2.30 bits per heavy atom. The Hall–Kier alpha value is -1.14. The molecule has 20 heavy (non-hydrogen) atoms. The highest BCUT2D eigenvalue weighted by Crippen LogP contribution is 2.27. The minimum Gasteiger partial charge on any atom is -0.381 e. The van der Waals surface area contributed by atoms with Gasteiger partial charge in [0, 0.05) is 32.2 Å². The first-order valence-corrected chi connectivity index (χ1v) is 7.84. The molecule has 3 heterocycles. The van der Waals surface area contributed by atoms with Gasteiger partial charge >= 0.3 is 0 Å². The summed E-state index contributed by atoms with van der Waals surface area (Å²) in [5.41, 5.74) is 0. The van der Waals surface area contributed by atoms with Crippen molar-refractivity contribution in [1.29, 1.82) is 0 Å². The first-order valence-electron chi connectivity index (χ1n) is 7.84. The van der Waals surface area contributed by atoms with Crippen molar-refractivity contribution >= 4 is 5.95 Å². The van der Waals surface area contributed by atoms with Crippen LogP contribution >= 0.6 is 0 Å². The van der Waals surface area contributed by atoms with Gasteiger partial charge in [0.25, 0.3) is 0 Å². The Morgan fingerprint density at radius 1 is 1.35 bits per heavy atom. The predicted octanol–water partition coefficient (Wildman–Crippen LogP) is 0.962.